The van der Waals surface area contributed by atoms with Gasteiger partial charge in [-0.25, -0.2) is 0 Å². The van der Waals surface area contributed by atoms with E-state index in [0.29, 0.717) is 12.1 Å². The van der Waals surface area contributed by atoms with Crippen LogP contribution in [-0.2, 0) is 4.74 Å². The smallest absolute Gasteiger partial charge is 0.379 e. The van der Waals surface area contributed by atoms with E-state index >= 15 is 0 Å². The van der Waals surface area contributed by atoms with Crippen molar-refractivity contribution in [2.45, 2.75) is 24.9 Å². The summed E-state index contributed by atoms with van der Waals surface area (Å²) in [6.07, 6.45) is -14.2. The zero-order chi connectivity index (χ0) is 14.4. The van der Waals surface area contributed by atoms with E-state index in [0.717, 1.165) is 7.11 Å². The highest BCUT2D eigenvalue weighted by Crippen LogP contribution is 2.70. The molecule has 0 saturated heterocycles. The van der Waals surface area contributed by atoms with Crippen molar-refractivity contribution in [1.82, 2.24) is 0 Å². The molecule has 1 fully saturated rings. The molecule has 3 atom stereocenters. The van der Waals surface area contributed by atoms with Crippen LogP contribution in [0.25, 0.3) is 0 Å². The lowest BCUT2D eigenvalue weighted by atomic mass is 9.47. The maximum atomic E-state index is 12.9. The minimum absolute atomic E-state index is 0.612. The van der Waals surface area contributed by atoms with Crippen LogP contribution in [0.1, 0.15) is 6.42 Å². The second-order valence-corrected chi connectivity index (χ2v) is 3.86. The van der Waals surface area contributed by atoms with Crippen LogP contribution < -0.4 is 0 Å². The van der Waals surface area contributed by atoms with E-state index in [2.05, 4.69) is 4.74 Å². The van der Waals surface area contributed by atoms with Gasteiger partial charge in [-0.1, -0.05) is 0 Å². The molecule has 100 valence electrons. The Hall–Kier alpha value is -1.48. The Bertz CT molecular complexity index is 430. The molecule has 18 heavy (non-hydrogen) atoms. The normalized spacial score (nSPS) is 36.4. The largest absolute Gasteiger partial charge is 0.411 e. The van der Waals surface area contributed by atoms with E-state index in [-0.39, 0.29) is 0 Å². The van der Waals surface area contributed by atoms with Gasteiger partial charge in [-0.05, 0) is 0 Å². The first-order chi connectivity index (χ1) is 8.04. The van der Waals surface area contributed by atoms with Gasteiger partial charge in [0.05, 0.1) is 18.2 Å². The van der Waals surface area contributed by atoms with Crippen molar-refractivity contribution in [2.24, 2.45) is 10.8 Å². The van der Waals surface area contributed by atoms with Gasteiger partial charge in [0.1, 0.15) is 0 Å². The Morgan fingerprint density at radius 3 is 1.78 bits per heavy atom. The molecule has 0 aromatic heterocycles. The van der Waals surface area contributed by atoms with Gasteiger partial charge in [-0.15, -0.1) is 0 Å². The lowest BCUT2D eigenvalue weighted by Crippen LogP contribution is -2.72. The van der Waals surface area contributed by atoms with Crippen molar-refractivity contribution in [2.75, 3.05) is 7.11 Å². The van der Waals surface area contributed by atoms with Gasteiger partial charge in [0, 0.05) is 13.5 Å². The summed E-state index contributed by atoms with van der Waals surface area (Å²) >= 11 is 0. The number of ether oxygens (including phenoxy) is 1. The fraction of sp³-hybridized carbons (Fsp3) is 0.778. The maximum absolute atomic E-state index is 12.9. The topological polar surface area (TPSA) is 56.8 Å². The molecule has 0 radical (unpaired) electrons. The second kappa shape index (κ2) is 3.75. The lowest BCUT2D eigenvalue weighted by molar-refractivity contribution is -0.378. The lowest BCUT2D eigenvalue weighted by Gasteiger charge is -2.55. The van der Waals surface area contributed by atoms with E-state index in [1.165, 1.54) is 0 Å². The third-order valence-electron chi connectivity index (χ3n) is 3.23. The SMILES string of the molecule is CO[C@H]1C[C@](C#N)(C(F)(F)F)[C@@]1(C#N)C(F)(F)F. The van der Waals surface area contributed by atoms with Gasteiger partial charge in [0.15, 0.2) is 5.41 Å². The molecule has 0 amide bonds. The summed E-state index contributed by atoms with van der Waals surface area (Å²) in [6, 6.07) is 1.23. The number of halogens is 6. The third-order valence-corrected chi connectivity index (χ3v) is 3.23. The summed E-state index contributed by atoms with van der Waals surface area (Å²) in [5.41, 5.74) is -7.67. The van der Waals surface area contributed by atoms with Crippen molar-refractivity contribution in [3.63, 3.8) is 0 Å². The molecular formula is C9H6F6N2O. The summed E-state index contributed by atoms with van der Waals surface area (Å²) in [5, 5.41) is 17.1. The maximum Gasteiger partial charge on any atom is 0.411 e. The highest BCUT2D eigenvalue weighted by atomic mass is 19.4. The number of hydrogen-bond donors (Lipinski definition) is 0. The number of nitriles is 2. The standard InChI is InChI=1S/C9H6F6N2O/c1-18-5-2-6(3-16,8(10,11)12)7(5,4-17)9(13,14)15/h5H,2H2,1H3/t5-,6+,7-/m0/s1. The van der Waals surface area contributed by atoms with Gasteiger partial charge in [-0.3, -0.25) is 0 Å². The van der Waals surface area contributed by atoms with Crippen molar-refractivity contribution < 1.29 is 31.1 Å². The number of alkyl halides is 6. The molecule has 0 aromatic rings. The van der Waals surface area contributed by atoms with Gasteiger partial charge in [0.2, 0.25) is 5.41 Å². The average molecular weight is 272 g/mol. The van der Waals surface area contributed by atoms with E-state index in [1.54, 1.807) is 0 Å². The minimum atomic E-state index is -5.52. The Morgan fingerprint density at radius 2 is 1.56 bits per heavy atom. The van der Waals surface area contributed by atoms with Crippen LogP contribution in [0.5, 0.6) is 0 Å². The van der Waals surface area contributed by atoms with Crippen molar-refractivity contribution >= 4 is 0 Å². The quantitative estimate of drug-likeness (QED) is 0.689. The Labute approximate surface area is 97.5 Å². The van der Waals surface area contributed by atoms with Crippen molar-refractivity contribution in [3.8, 4) is 12.1 Å². The first kappa shape index (κ1) is 14.6. The summed E-state index contributed by atoms with van der Waals surface area (Å²) in [6.45, 7) is 0. The molecule has 9 heteroatoms. The molecule has 0 aromatic carbocycles. The average Bonchev–Trinajstić information content (AvgIpc) is 2.14. The van der Waals surface area contributed by atoms with E-state index in [1.807, 2.05) is 0 Å². The van der Waals surface area contributed by atoms with Crippen molar-refractivity contribution in [3.05, 3.63) is 0 Å². The summed E-state index contributed by atoms with van der Waals surface area (Å²) < 4.78 is 81.1. The van der Waals surface area contributed by atoms with Gasteiger partial charge < -0.3 is 4.74 Å². The molecule has 0 unspecified atom stereocenters. The monoisotopic (exact) mass is 272 g/mol. The molecule has 1 aliphatic carbocycles. The van der Waals surface area contributed by atoms with Gasteiger partial charge in [0.25, 0.3) is 0 Å². The molecule has 0 N–H and O–H groups in total. The van der Waals surface area contributed by atoms with Crippen LogP contribution in [0.4, 0.5) is 26.3 Å². The summed E-state index contributed by atoms with van der Waals surface area (Å²) in [5.74, 6) is 0. The molecule has 0 heterocycles. The van der Waals surface area contributed by atoms with Crippen LogP contribution in [0.2, 0.25) is 0 Å². The Kier molecular flexibility index (Phi) is 3.04. The zero-order valence-electron chi connectivity index (χ0n) is 8.85. The first-order valence-corrected chi connectivity index (χ1v) is 4.53. The second-order valence-electron chi connectivity index (χ2n) is 3.86. The highest BCUT2D eigenvalue weighted by molar-refractivity contribution is 5.34. The predicted molar refractivity (Wildman–Crippen MR) is 43.6 cm³/mol. The van der Waals surface area contributed by atoms with E-state index < -0.39 is 35.7 Å². The Morgan fingerprint density at radius 1 is 1.06 bits per heavy atom. The van der Waals surface area contributed by atoms with E-state index in [9.17, 15) is 26.3 Å². The molecule has 0 aliphatic heterocycles. The number of nitrogens with zero attached hydrogens (tertiary/aromatic N) is 2. The van der Waals surface area contributed by atoms with Crippen LogP contribution in [-0.4, -0.2) is 25.6 Å². The number of hydrogen-bond acceptors (Lipinski definition) is 3. The molecular weight excluding hydrogens is 266 g/mol. The summed E-state index contributed by atoms with van der Waals surface area (Å²) in [4.78, 5) is 0. The van der Waals surface area contributed by atoms with Gasteiger partial charge in [-0.2, -0.15) is 36.9 Å². The third kappa shape index (κ3) is 1.34. The first-order valence-electron chi connectivity index (χ1n) is 4.53. The highest BCUT2D eigenvalue weighted by Gasteiger charge is 2.87. The molecule has 1 aliphatic rings. The van der Waals surface area contributed by atoms with Crippen LogP contribution in [0.3, 0.4) is 0 Å². The van der Waals surface area contributed by atoms with Gasteiger partial charge >= 0.3 is 12.4 Å². The summed E-state index contributed by atoms with van der Waals surface area (Å²) in [7, 11) is 0.764. The molecule has 1 rings (SSSR count). The minimum Gasteiger partial charge on any atom is -0.379 e. The Balaban J connectivity index is 3.52. The van der Waals surface area contributed by atoms with Crippen LogP contribution >= 0.6 is 0 Å². The molecule has 3 nitrogen and oxygen atoms in total. The molecule has 0 bridgehead atoms. The fourth-order valence-electron chi connectivity index (χ4n) is 2.19. The number of rotatable bonds is 1. The number of methoxy groups -OCH3 is 1. The van der Waals surface area contributed by atoms with Crippen LogP contribution in [0.15, 0.2) is 0 Å². The molecule has 1 saturated carbocycles. The zero-order valence-corrected chi connectivity index (χ0v) is 8.85. The molecule has 0 spiro atoms. The van der Waals surface area contributed by atoms with Crippen LogP contribution in [0, 0.1) is 33.5 Å². The predicted octanol–water partition coefficient (Wildman–Crippen LogP) is 2.55. The van der Waals surface area contributed by atoms with E-state index in [4.69, 9.17) is 10.5 Å². The van der Waals surface area contributed by atoms with Crippen molar-refractivity contribution in [1.29, 1.82) is 10.5 Å². The fourth-order valence-corrected chi connectivity index (χ4v) is 2.19.